The Labute approximate surface area is 207 Å². The van der Waals surface area contributed by atoms with Crippen molar-refractivity contribution in [1.82, 2.24) is 10.3 Å². The molecule has 1 aliphatic heterocycles. The highest BCUT2D eigenvalue weighted by Crippen LogP contribution is 2.31. The van der Waals surface area contributed by atoms with E-state index in [1.54, 1.807) is 25.3 Å². The molecule has 8 heteroatoms. The highest BCUT2D eigenvalue weighted by molar-refractivity contribution is 5.71. The molecule has 2 aliphatic rings. The first kappa shape index (κ1) is 25.8. The van der Waals surface area contributed by atoms with Crippen molar-refractivity contribution in [2.24, 2.45) is 5.92 Å². The summed E-state index contributed by atoms with van der Waals surface area (Å²) in [4.78, 5) is 4.23. The van der Waals surface area contributed by atoms with Crippen LogP contribution in [0, 0.1) is 17.6 Å². The summed E-state index contributed by atoms with van der Waals surface area (Å²) in [6.45, 7) is 5.19. The van der Waals surface area contributed by atoms with Gasteiger partial charge < -0.3 is 25.4 Å². The van der Waals surface area contributed by atoms with E-state index in [4.69, 9.17) is 9.47 Å². The molecule has 1 saturated heterocycles. The second-order valence-electron chi connectivity index (χ2n) is 9.90. The first-order chi connectivity index (χ1) is 17.0. The molecule has 0 amide bonds. The summed E-state index contributed by atoms with van der Waals surface area (Å²) in [6, 6.07) is 7.47. The molecule has 1 atom stereocenters. The van der Waals surface area contributed by atoms with Gasteiger partial charge in [0.1, 0.15) is 17.5 Å². The van der Waals surface area contributed by atoms with Crippen molar-refractivity contribution < 1.29 is 18.3 Å². The average Bonchev–Trinajstić information content (AvgIpc) is 2.87. The minimum absolute atomic E-state index is 0.221. The van der Waals surface area contributed by atoms with E-state index in [0.717, 1.165) is 64.0 Å². The maximum atomic E-state index is 14.8. The smallest absolute Gasteiger partial charge is 0.149 e. The first-order valence-corrected chi connectivity index (χ1v) is 12.8. The molecule has 1 aromatic heterocycles. The average molecular weight is 489 g/mol. The standard InChI is InChI=1S/C27H38F2N4O2/c1-18(17-34-2)32-20-3-5-21(6-4-20)33-27-14-24(26(29)16-31-27)23-13-22(7-8-25(23)28)30-15-19-9-11-35-12-10-19/h7-8,13-14,16,18-21,30,32H,3-6,9-12,15,17H2,1-2H3,(H,31,33). The minimum atomic E-state index is -0.531. The molecule has 0 radical (unpaired) electrons. The molecule has 1 saturated carbocycles. The van der Waals surface area contributed by atoms with E-state index in [1.807, 2.05) is 0 Å². The molecule has 1 aliphatic carbocycles. The zero-order chi connectivity index (χ0) is 24.6. The van der Waals surface area contributed by atoms with Crippen LogP contribution >= 0.6 is 0 Å². The van der Waals surface area contributed by atoms with Crippen LogP contribution in [0.5, 0.6) is 0 Å². The molecule has 192 valence electrons. The summed E-state index contributed by atoms with van der Waals surface area (Å²) in [7, 11) is 1.72. The summed E-state index contributed by atoms with van der Waals surface area (Å²) in [5.74, 6) is 0.121. The van der Waals surface area contributed by atoms with Crippen LogP contribution < -0.4 is 16.0 Å². The highest BCUT2D eigenvalue weighted by atomic mass is 19.1. The van der Waals surface area contributed by atoms with Crippen LogP contribution in [-0.4, -0.2) is 56.6 Å². The third kappa shape index (κ3) is 7.35. The van der Waals surface area contributed by atoms with Crippen molar-refractivity contribution in [3.05, 3.63) is 42.1 Å². The van der Waals surface area contributed by atoms with Crippen molar-refractivity contribution in [2.75, 3.05) is 44.1 Å². The van der Waals surface area contributed by atoms with E-state index in [0.29, 0.717) is 30.4 Å². The summed E-state index contributed by atoms with van der Waals surface area (Å²) >= 11 is 0. The Morgan fingerprint density at radius 1 is 1.00 bits per heavy atom. The zero-order valence-corrected chi connectivity index (χ0v) is 20.8. The Kier molecular flexibility index (Phi) is 9.29. The molecule has 1 unspecified atom stereocenters. The molecule has 35 heavy (non-hydrogen) atoms. The van der Waals surface area contributed by atoms with Gasteiger partial charge in [0, 0.05) is 61.8 Å². The van der Waals surface area contributed by atoms with Crippen LogP contribution in [0.3, 0.4) is 0 Å². The van der Waals surface area contributed by atoms with E-state index in [9.17, 15) is 8.78 Å². The number of hydrogen-bond acceptors (Lipinski definition) is 6. The van der Waals surface area contributed by atoms with Crippen LogP contribution in [0.2, 0.25) is 0 Å². The number of hydrogen-bond donors (Lipinski definition) is 3. The van der Waals surface area contributed by atoms with Crippen molar-refractivity contribution in [1.29, 1.82) is 0 Å². The van der Waals surface area contributed by atoms with Gasteiger partial charge in [0.05, 0.1) is 12.8 Å². The topological polar surface area (TPSA) is 67.4 Å². The van der Waals surface area contributed by atoms with Gasteiger partial charge in [-0.05, 0) is 75.6 Å². The van der Waals surface area contributed by atoms with Crippen molar-refractivity contribution in [3.63, 3.8) is 0 Å². The molecule has 3 N–H and O–H groups in total. The Hall–Kier alpha value is -2.29. The van der Waals surface area contributed by atoms with Crippen LogP contribution in [0.25, 0.3) is 11.1 Å². The summed E-state index contributed by atoms with van der Waals surface area (Å²) in [6.07, 6.45) is 7.29. The van der Waals surface area contributed by atoms with Crippen LogP contribution in [0.4, 0.5) is 20.3 Å². The van der Waals surface area contributed by atoms with Gasteiger partial charge in [-0.1, -0.05) is 0 Å². The van der Waals surface area contributed by atoms with Gasteiger partial charge >= 0.3 is 0 Å². The third-order valence-electron chi connectivity index (χ3n) is 7.06. The lowest BCUT2D eigenvalue weighted by atomic mass is 9.90. The third-order valence-corrected chi connectivity index (χ3v) is 7.06. The summed E-state index contributed by atoms with van der Waals surface area (Å²) in [5, 5.41) is 10.4. The number of benzene rings is 1. The van der Waals surface area contributed by atoms with Crippen molar-refractivity contribution >= 4 is 11.5 Å². The second-order valence-corrected chi connectivity index (χ2v) is 9.90. The van der Waals surface area contributed by atoms with Crippen LogP contribution in [0.15, 0.2) is 30.5 Å². The maximum absolute atomic E-state index is 14.8. The molecular weight excluding hydrogens is 450 g/mol. The van der Waals surface area contributed by atoms with Crippen molar-refractivity contribution in [3.8, 4) is 11.1 Å². The van der Waals surface area contributed by atoms with E-state index in [2.05, 4.69) is 27.9 Å². The molecule has 4 rings (SSSR count). The molecule has 6 nitrogen and oxygen atoms in total. The molecule has 0 bridgehead atoms. The fourth-order valence-electron chi connectivity index (χ4n) is 5.09. The van der Waals surface area contributed by atoms with E-state index in [-0.39, 0.29) is 17.2 Å². The number of rotatable bonds is 10. The number of anilines is 2. The first-order valence-electron chi connectivity index (χ1n) is 12.8. The highest BCUT2D eigenvalue weighted by Gasteiger charge is 2.23. The second kappa shape index (κ2) is 12.6. The summed E-state index contributed by atoms with van der Waals surface area (Å²) in [5.41, 5.74) is 1.25. The molecule has 2 aromatic rings. The van der Waals surface area contributed by atoms with E-state index < -0.39 is 11.6 Å². The Bertz CT molecular complexity index is 947. The van der Waals surface area contributed by atoms with Crippen molar-refractivity contribution in [2.45, 2.75) is 63.6 Å². The van der Waals surface area contributed by atoms with Gasteiger partial charge in [-0.15, -0.1) is 0 Å². The molecule has 0 spiro atoms. The summed E-state index contributed by atoms with van der Waals surface area (Å²) < 4.78 is 40.1. The number of ether oxygens (including phenoxy) is 2. The number of aromatic nitrogens is 1. The number of nitrogens with zero attached hydrogens (tertiary/aromatic N) is 1. The van der Waals surface area contributed by atoms with Gasteiger partial charge in [0.2, 0.25) is 0 Å². The van der Waals surface area contributed by atoms with Gasteiger partial charge in [-0.2, -0.15) is 0 Å². The maximum Gasteiger partial charge on any atom is 0.149 e. The van der Waals surface area contributed by atoms with Gasteiger partial charge in [0.15, 0.2) is 0 Å². The molecular formula is C27H38F2N4O2. The Morgan fingerprint density at radius 3 is 2.46 bits per heavy atom. The number of halogens is 2. The van der Waals surface area contributed by atoms with Gasteiger partial charge in [-0.25, -0.2) is 13.8 Å². The minimum Gasteiger partial charge on any atom is -0.385 e. The van der Waals surface area contributed by atoms with Gasteiger partial charge in [0.25, 0.3) is 0 Å². The monoisotopic (exact) mass is 488 g/mol. The molecule has 2 heterocycles. The number of pyridine rings is 1. The predicted octanol–water partition coefficient (Wildman–Crippen LogP) is 5.21. The lowest BCUT2D eigenvalue weighted by Crippen LogP contribution is -2.42. The lowest BCUT2D eigenvalue weighted by molar-refractivity contribution is 0.0699. The Balaban J connectivity index is 1.38. The number of methoxy groups -OCH3 is 1. The number of nitrogens with one attached hydrogen (secondary N) is 3. The van der Waals surface area contributed by atoms with E-state index in [1.165, 1.54) is 12.3 Å². The fraction of sp³-hybridized carbons (Fsp3) is 0.593. The predicted molar refractivity (Wildman–Crippen MR) is 136 cm³/mol. The lowest BCUT2D eigenvalue weighted by Gasteiger charge is -2.31. The largest absolute Gasteiger partial charge is 0.385 e. The van der Waals surface area contributed by atoms with Crippen LogP contribution in [0.1, 0.15) is 45.4 Å². The Morgan fingerprint density at radius 2 is 1.71 bits per heavy atom. The van der Waals surface area contributed by atoms with Crippen LogP contribution in [-0.2, 0) is 9.47 Å². The molecule has 1 aromatic carbocycles. The fourth-order valence-corrected chi connectivity index (χ4v) is 5.09. The normalized spacial score (nSPS) is 22.1. The SMILES string of the molecule is COCC(C)NC1CCC(Nc2cc(-c3cc(NCC4CCOCC4)ccc3F)c(F)cn2)CC1. The van der Waals surface area contributed by atoms with E-state index >= 15 is 0 Å². The van der Waals surface area contributed by atoms with Gasteiger partial charge in [-0.3, -0.25) is 0 Å². The zero-order valence-electron chi connectivity index (χ0n) is 20.8. The molecule has 2 fully saturated rings. The quantitative estimate of drug-likeness (QED) is 0.427.